The van der Waals surface area contributed by atoms with E-state index in [2.05, 4.69) is 55.3 Å². The molecule has 2 aliphatic rings. The third-order valence-electron chi connectivity index (χ3n) is 6.64. The Morgan fingerprint density at radius 2 is 1.75 bits per heavy atom. The first-order valence-corrected chi connectivity index (χ1v) is 10.0. The number of piperidine rings is 1. The highest BCUT2D eigenvalue weighted by atomic mass is 16.4. The van der Waals surface area contributed by atoms with Gasteiger partial charge < -0.3 is 4.42 Å². The summed E-state index contributed by atoms with van der Waals surface area (Å²) >= 11 is 0. The lowest BCUT2D eigenvalue weighted by atomic mass is 9.76. The second-order valence-electron chi connectivity index (χ2n) is 8.17. The predicted molar refractivity (Wildman–Crippen MR) is 115 cm³/mol. The van der Waals surface area contributed by atoms with E-state index in [4.69, 9.17) is 9.40 Å². The Bertz CT molecular complexity index is 915. The number of aromatic nitrogens is 1. The van der Waals surface area contributed by atoms with E-state index in [-0.39, 0.29) is 7.43 Å². The Morgan fingerprint density at radius 1 is 1.00 bits per heavy atom. The van der Waals surface area contributed by atoms with Gasteiger partial charge in [-0.1, -0.05) is 67.6 Å². The lowest BCUT2D eigenvalue weighted by molar-refractivity contribution is 0.124. The zero-order valence-electron chi connectivity index (χ0n) is 16.0. The molecular formula is C25H30N2O. The Kier molecular flexibility index (Phi) is 5.11. The summed E-state index contributed by atoms with van der Waals surface area (Å²) in [4.78, 5) is 7.34. The Labute approximate surface area is 168 Å². The van der Waals surface area contributed by atoms with Crippen LogP contribution < -0.4 is 0 Å². The fourth-order valence-electron chi connectivity index (χ4n) is 5.14. The number of aryl methyl sites for hydroxylation is 1. The van der Waals surface area contributed by atoms with Gasteiger partial charge in [-0.2, -0.15) is 0 Å². The minimum Gasteiger partial charge on any atom is -0.440 e. The van der Waals surface area contributed by atoms with Crippen LogP contribution in [0.25, 0.3) is 11.3 Å². The van der Waals surface area contributed by atoms with Crippen LogP contribution in [0.3, 0.4) is 0 Å². The van der Waals surface area contributed by atoms with Crippen molar-refractivity contribution >= 4 is 0 Å². The van der Waals surface area contributed by atoms with Crippen molar-refractivity contribution in [2.24, 2.45) is 0 Å². The summed E-state index contributed by atoms with van der Waals surface area (Å²) in [5.74, 6) is 2.56. The molecule has 28 heavy (non-hydrogen) atoms. The molecule has 2 saturated heterocycles. The number of nitrogens with zero attached hydrogens (tertiary/aromatic N) is 2. The van der Waals surface area contributed by atoms with E-state index in [0.717, 1.165) is 17.2 Å². The Balaban J connectivity index is 0.00000192. The van der Waals surface area contributed by atoms with E-state index >= 15 is 0 Å². The van der Waals surface area contributed by atoms with E-state index in [1.165, 1.54) is 30.4 Å². The van der Waals surface area contributed by atoms with E-state index in [1.807, 2.05) is 24.4 Å². The molecule has 2 unspecified atom stereocenters. The van der Waals surface area contributed by atoms with Crippen molar-refractivity contribution in [3.05, 3.63) is 77.8 Å². The molecule has 0 radical (unpaired) electrons. The predicted octanol–water partition coefficient (Wildman–Crippen LogP) is 6.02. The fraction of sp³-hybridized carbons (Fsp3) is 0.400. The van der Waals surface area contributed by atoms with Gasteiger partial charge in [0, 0.05) is 17.6 Å². The molecule has 146 valence electrons. The molecule has 3 nitrogen and oxygen atoms in total. The summed E-state index contributed by atoms with van der Waals surface area (Å²) in [6.07, 6.45) is 5.60. The van der Waals surface area contributed by atoms with Crippen molar-refractivity contribution in [2.75, 3.05) is 7.05 Å². The molecule has 2 aliphatic heterocycles. The molecule has 0 aliphatic carbocycles. The van der Waals surface area contributed by atoms with Gasteiger partial charge in [-0.05, 0) is 44.7 Å². The first-order chi connectivity index (χ1) is 13.2. The third kappa shape index (κ3) is 3.18. The smallest absolute Gasteiger partial charge is 0.200 e. The number of benzene rings is 2. The van der Waals surface area contributed by atoms with Gasteiger partial charge in [0.15, 0.2) is 11.7 Å². The minimum absolute atomic E-state index is 0. The SMILES string of the molecule is C.Cc1ccc([C@H]2C[C@H]3CCC(C2c2ncc(-c4ccccc4)o2)N3C)cc1. The van der Waals surface area contributed by atoms with E-state index in [1.54, 1.807) is 0 Å². The van der Waals surface area contributed by atoms with Crippen LogP contribution in [-0.2, 0) is 0 Å². The highest BCUT2D eigenvalue weighted by Crippen LogP contribution is 2.50. The molecule has 4 atom stereocenters. The molecule has 3 heteroatoms. The molecule has 0 spiro atoms. The molecular weight excluding hydrogens is 344 g/mol. The van der Waals surface area contributed by atoms with Crippen LogP contribution in [0.15, 0.2) is 65.2 Å². The summed E-state index contributed by atoms with van der Waals surface area (Å²) < 4.78 is 6.35. The maximum atomic E-state index is 6.35. The molecule has 0 amide bonds. The largest absolute Gasteiger partial charge is 0.440 e. The van der Waals surface area contributed by atoms with Crippen molar-refractivity contribution in [2.45, 2.75) is 57.5 Å². The van der Waals surface area contributed by atoms with Crippen molar-refractivity contribution in [1.29, 1.82) is 0 Å². The third-order valence-corrected chi connectivity index (χ3v) is 6.64. The molecule has 2 aromatic carbocycles. The molecule has 1 aromatic heterocycles. The topological polar surface area (TPSA) is 29.3 Å². The fourth-order valence-corrected chi connectivity index (χ4v) is 5.14. The van der Waals surface area contributed by atoms with Gasteiger partial charge in [-0.25, -0.2) is 4.98 Å². The number of hydrogen-bond donors (Lipinski definition) is 0. The maximum absolute atomic E-state index is 6.35. The standard InChI is InChI=1S/C24H26N2O.CH4/c1-16-8-10-17(11-9-16)20-14-19-12-13-21(26(19)2)23(20)24-25-15-22(27-24)18-6-4-3-5-7-18;/h3-11,15,19-21,23H,12-14H2,1-2H3;1H4/t19-,20-,21?,23?;/m1./s1. The number of oxazole rings is 1. The van der Waals surface area contributed by atoms with Crippen molar-refractivity contribution in [1.82, 2.24) is 9.88 Å². The van der Waals surface area contributed by atoms with E-state index in [0.29, 0.717) is 23.9 Å². The van der Waals surface area contributed by atoms with Crippen molar-refractivity contribution < 1.29 is 4.42 Å². The summed E-state index contributed by atoms with van der Waals surface area (Å²) in [5.41, 5.74) is 3.83. The maximum Gasteiger partial charge on any atom is 0.200 e. The van der Waals surface area contributed by atoms with Gasteiger partial charge in [-0.3, -0.25) is 4.90 Å². The van der Waals surface area contributed by atoms with Gasteiger partial charge in [0.05, 0.1) is 12.1 Å². The van der Waals surface area contributed by atoms with Crippen LogP contribution in [0.4, 0.5) is 0 Å². The highest BCUT2D eigenvalue weighted by Gasteiger charge is 2.48. The van der Waals surface area contributed by atoms with E-state index in [9.17, 15) is 0 Å². The summed E-state index contributed by atoms with van der Waals surface area (Å²) in [6.45, 7) is 2.15. The minimum atomic E-state index is 0. The van der Waals surface area contributed by atoms with Crippen LogP contribution in [0.2, 0.25) is 0 Å². The van der Waals surface area contributed by atoms with E-state index < -0.39 is 0 Å². The molecule has 2 fully saturated rings. The normalized spacial score (nSPS) is 26.8. The molecule has 0 saturated carbocycles. The van der Waals surface area contributed by atoms with Gasteiger partial charge in [0.25, 0.3) is 0 Å². The van der Waals surface area contributed by atoms with Crippen molar-refractivity contribution in [3.63, 3.8) is 0 Å². The zero-order chi connectivity index (χ0) is 18.4. The second-order valence-corrected chi connectivity index (χ2v) is 8.17. The monoisotopic (exact) mass is 374 g/mol. The molecule has 2 bridgehead atoms. The number of fused-ring (bicyclic) bond motifs is 2. The van der Waals surface area contributed by atoms with Gasteiger partial charge in [-0.15, -0.1) is 0 Å². The molecule has 5 rings (SSSR count). The number of likely N-dealkylation sites (N-methyl/N-ethyl adjacent to an activating group) is 1. The quantitative estimate of drug-likeness (QED) is 0.561. The summed E-state index contributed by atoms with van der Waals surface area (Å²) in [7, 11) is 2.28. The number of rotatable bonds is 3. The first-order valence-electron chi connectivity index (χ1n) is 10.0. The van der Waals surface area contributed by atoms with Crippen molar-refractivity contribution in [3.8, 4) is 11.3 Å². The van der Waals surface area contributed by atoms with Crippen LogP contribution in [0, 0.1) is 6.92 Å². The number of hydrogen-bond acceptors (Lipinski definition) is 3. The van der Waals surface area contributed by atoms with Crippen LogP contribution in [0.1, 0.15) is 55.5 Å². The highest BCUT2D eigenvalue weighted by molar-refractivity contribution is 5.56. The molecule has 0 N–H and O–H groups in total. The molecule has 3 heterocycles. The van der Waals surface area contributed by atoms with Gasteiger partial charge >= 0.3 is 0 Å². The lowest BCUT2D eigenvalue weighted by Crippen LogP contribution is -2.44. The second kappa shape index (κ2) is 7.56. The zero-order valence-corrected chi connectivity index (χ0v) is 16.0. The van der Waals surface area contributed by atoms with Crippen LogP contribution in [-0.4, -0.2) is 29.0 Å². The average Bonchev–Trinajstić information content (AvgIpc) is 3.26. The molecule has 3 aromatic rings. The van der Waals surface area contributed by atoms with Crippen LogP contribution in [0.5, 0.6) is 0 Å². The summed E-state index contributed by atoms with van der Waals surface area (Å²) in [6, 6.07) is 20.6. The van der Waals surface area contributed by atoms with Crippen LogP contribution >= 0.6 is 0 Å². The lowest BCUT2D eigenvalue weighted by Gasteiger charge is -2.42. The average molecular weight is 375 g/mol. The Morgan fingerprint density at radius 3 is 2.50 bits per heavy atom. The van der Waals surface area contributed by atoms with Gasteiger partial charge in [0.1, 0.15) is 0 Å². The first kappa shape index (κ1) is 18.9. The summed E-state index contributed by atoms with van der Waals surface area (Å²) in [5, 5.41) is 0. The Hall–Kier alpha value is -2.39. The van der Waals surface area contributed by atoms with Gasteiger partial charge in [0.2, 0.25) is 0 Å².